The number of carbonyl (C=O) groups excluding carboxylic acids is 1. The normalized spacial score (nSPS) is 10.6. The van der Waals surface area contributed by atoms with Gasteiger partial charge in [0.1, 0.15) is 5.00 Å². The van der Waals surface area contributed by atoms with Gasteiger partial charge in [0.2, 0.25) is 0 Å². The monoisotopic (exact) mass is 400 g/mol. The summed E-state index contributed by atoms with van der Waals surface area (Å²) in [4.78, 5) is 13.0. The van der Waals surface area contributed by atoms with Crippen LogP contribution in [0.5, 0.6) is 0 Å². The van der Waals surface area contributed by atoms with Gasteiger partial charge in [-0.15, -0.1) is 11.3 Å². The minimum Gasteiger partial charge on any atom is -0.465 e. The lowest BCUT2D eigenvalue weighted by molar-refractivity contribution is 0.0601. The van der Waals surface area contributed by atoms with Crippen LogP contribution in [0.2, 0.25) is 5.02 Å². The van der Waals surface area contributed by atoms with Crippen LogP contribution in [0.25, 0.3) is 0 Å². The van der Waals surface area contributed by atoms with Crippen LogP contribution in [0.1, 0.15) is 32.9 Å². The van der Waals surface area contributed by atoms with Crippen molar-refractivity contribution in [3.8, 4) is 0 Å². The van der Waals surface area contributed by atoms with Gasteiger partial charge in [0.05, 0.1) is 23.4 Å². The highest BCUT2D eigenvalue weighted by atomic mass is 35.5. The summed E-state index contributed by atoms with van der Waals surface area (Å²) in [5.41, 5.74) is 2.27. The number of thiocarbonyl (C=S) groups is 1. The molecule has 6 nitrogen and oxygen atoms in total. The molecule has 9 heteroatoms. The van der Waals surface area contributed by atoms with Crippen LogP contribution in [0.15, 0.2) is 6.20 Å². The van der Waals surface area contributed by atoms with E-state index < -0.39 is 0 Å². The Morgan fingerprint density at radius 1 is 1.44 bits per heavy atom. The van der Waals surface area contributed by atoms with Crippen molar-refractivity contribution >= 4 is 51.2 Å². The number of carbonyl (C=O) groups is 1. The van der Waals surface area contributed by atoms with Gasteiger partial charge in [-0.25, -0.2) is 4.79 Å². The number of nitrogens with zero attached hydrogens (tertiary/aromatic N) is 2. The van der Waals surface area contributed by atoms with E-state index in [1.54, 1.807) is 0 Å². The Morgan fingerprint density at radius 2 is 2.16 bits per heavy atom. The minimum absolute atomic E-state index is 0.363. The van der Waals surface area contributed by atoms with Crippen molar-refractivity contribution in [1.29, 1.82) is 0 Å². The Balaban J connectivity index is 1.86. The number of aromatic nitrogens is 2. The van der Waals surface area contributed by atoms with Gasteiger partial charge in [-0.1, -0.05) is 11.6 Å². The standard InChI is InChI=1S/C16H21ClN4O2S2/c1-9-11(3)25-14(13(9)15(22)23-4)19-16(24)18-6-5-7-21-8-12(17)10(2)20-21/h8H,5-7H2,1-4H3,(H2,18,19,24). The molecule has 0 aliphatic carbocycles. The summed E-state index contributed by atoms with van der Waals surface area (Å²) in [5, 5.41) is 12.4. The largest absolute Gasteiger partial charge is 0.465 e. The number of anilines is 1. The van der Waals surface area contributed by atoms with Crippen molar-refractivity contribution in [2.75, 3.05) is 19.0 Å². The second-order valence-corrected chi connectivity index (χ2v) is 7.58. The van der Waals surface area contributed by atoms with E-state index in [2.05, 4.69) is 15.7 Å². The van der Waals surface area contributed by atoms with Crippen molar-refractivity contribution in [3.05, 3.63) is 32.9 Å². The molecule has 0 saturated heterocycles. The van der Waals surface area contributed by atoms with Crippen molar-refractivity contribution < 1.29 is 9.53 Å². The molecule has 2 aromatic heterocycles. The predicted molar refractivity (Wildman–Crippen MR) is 106 cm³/mol. The van der Waals surface area contributed by atoms with Crippen LogP contribution in [-0.2, 0) is 11.3 Å². The molecule has 2 heterocycles. The summed E-state index contributed by atoms with van der Waals surface area (Å²) in [7, 11) is 1.37. The summed E-state index contributed by atoms with van der Waals surface area (Å²) >= 11 is 12.8. The molecule has 2 N–H and O–H groups in total. The summed E-state index contributed by atoms with van der Waals surface area (Å²) in [6.07, 6.45) is 2.65. The van der Waals surface area contributed by atoms with E-state index in [0.29, 0.717) is 27.2 Å². The number of nitrogens with one attached hydrogen (secondary N) is 2. The molecule has 136 valence electrons. The predicted octanol–water partition coefficient (Wildman–Crippen LogP) is 3.69. The Bertz CT molecular complexity index is 766. The average Bonchev–Trinajstić information content (AvgIpc) is 3.02. The fourth-order valence-corrected chi connectivity index (χ4v) is 3.73. The Hall–Kier alpha value is -1.64. The first-order valence-corrected chi connectivity index (χ1v) is 9.36. The maximum atomic E-state index is 12.0. The highest BCUT2D eigenvalue weighted by Crippen LogP contribution is 2.32. The summed E-state index contributed by atoms with van der Waals surface area (Å²) in [6.45, 7) is 7.16. The number of rotatable bonds is 6. The second kappa shape index (κ2) is 8.64. The molecule has 0 bridgehead atoms. The lowest BCUT2D eigenvalue weighted by Crippen LogP contribution is -2.30. The van der Waals surface area contributed by atoms with Crippen LogP contribution < -0.4 is 10.6 Å². The summed E-state index contributed by atoms with van der Waals surface area (Å²) in [5.74, 6) is -0.363. The van der Waals surface area contributed by atoms with Gasteiger partial charge in [-0.3, -0.25) is 4.68 Å². The zero-order valence-corrected chi connectivity index (χ0v) is 17.0. The molecule has 0 unspecified atom stereocenters. The highest BCUT2D eigenvalue weighted by molar-refractivity contribution is 7.80. The zero-order valence-electron chi connectivity index (χ0n) is 14.6. The maximum Gasteiger partial charge on any atom is 0.341 e. The Labute approximate surface area is 161 Å². The molecule has 0 amide bonds. The van der Waals surface area contributed by atoms with Crippen LogP contribution in [0, 0.1) is 20.8 Å². The minimum atomic E-state index is -0.363. The Morgan fingerprint density at radius 3 is 2.76 bits per heavy atom. The van der Waals surface area contributed by atoms with Gasteiger partial charge < -0.3 is 15.4 Å². The number of hydrogen-bond donors (Lipinski definition) is 2. The zero-order chi connectivity index (χ0) is 18.6. The smallest absolute Gasteiger partial charge is 0.341 e. The van der Waals surface area contributed by atoms with E-state index in [1.165, 1.54) is 18.4 Å². The molecular weight excluding hydrogens is 380 g/mol. The molecule has 0 aromatic carbocycles. The summed E-state index contributed by atoms with van der Waals surface area (Å²) < 4.78 is 6.67. The van der Waals surface area contributed by atoms with Crippen molar-refractivity contribution in [1.82, 2.24) is 15.1 Å². The molecule has 2 aromatic rings. The number of hydrogen-bond acceptors (Lipinski definition) is 5. The number of halogens is 1. The topological polar surface area (TPSA) is 68.2 Å². The van der Waals surface area contributed by atoms with E-state index in [0.717, 1.165) is 29.1 Å². The molecule has 0 fully saturated rings. The third-order valence-corrected chi connectivity index (χ3v) is 5.48. The molecule has 0 aliphatic heterocycles. The molecule has 0 radical (unpaired) electrons. The van der Waals surface area contributed by atoms with Gasteiger partial charge in [-0.05, 0) is 45.0 Å². The van der Waals surface area contributed by atoms with Crippen LogP contribution in [-0.4, -0.2) is 34.5 Å². The van der Waals surface area contributed by atoms with Crippen molar-refractivity contribution in [2.24, 2.45) is 0 Å². The van der Waals surface area contributed by atoms with E-state index in [-0.39, 0.29) is 5.97 Å². The van der Waals surface area contributed by atoms with Gasteiger partial charge in [-0.2, -0.15) is 5.10 Å². The van der Waals surface area contributed by atoms with E-state index in [1.807, 2.05) is 31.6 Å². The number of esters is 1. The first kappa shape index (κ1) is 19.7. The summed E-state index contributed by atoms with van der Waals surface area (Å²) in [6, 6.07) is 0. The third-order valence-electron chi connectivity index (χ3n) is 3.74. The molecule has 0 atom stereocenters. The number of thiophene rings is 1. The average molecular weight is 401 g/mol. The number of ether oxygens (including phenoxy) is 1. The first-order chi connectivity index (χ1) is 11.8. The lowest BCUT2D eigenvalue weighted by atomic mass is 10.1. The van der Waals surface area contributed by atoms with Crippen molar-refractivity contribution in [2.45, 2.75) is 33.7 Å². The van der Waals surface area contributed by atoms with E-state index in [9.17, 15) is 4.79 Å². The SMILES string of the molecule is COC(=O)c1c(NC(=S)NCCCn2cc(Cl)c(C)n2)sc(C)c1C. The van der Waals surface area contributed by atoms with Crippen LogP contribution in [0.3, 0.4) is 0 Å². The molecule has 0 saturated carbocycles. The lowest BCUT2D eigenvalue weighted by Gasteiger charge is -2.10. The quantitative estimate of drug-likeness (QED) is 0.438. The fourth-order valence-electron chi connectivity index (χ4n) is 2.26. The van der Waals surface area contributed by atoms with Gasteiger partial charge in [0, 0.05) is 24.2 Å². The first-order valence-electron chi connectivity index (χ1n) is 7.76. The van der Waals surface area contributed by atoms with E-state index >= 15 is 0 Å². The van der Waals surface area contributed by atoms with Gasteiger partial charge in [0.25, 0.3) is 0 Å². The molecule has 0 aliphatic rings. The van der Waals surface area contributed by atoms with Crippen LogP contribution >= 0.6 is 35.2 Å². The molecule has 0 spiro atoms. The fraction of sp³-hybridized carbons (Fsp3) is 0.438. The van der Waals surface area contributed by atoms with Gasteiger partial charge >= 0.3 is 5.97 Å². The second-order valence-electron chi connectivity index (χ2n) is 5.54. The van der Waals surface area contributed by atoms with E-state index in [4.69, 9.17) is 28.6 Å². The molecular formula is C16H21ClN4O2S2. The highest BCUT2D eigenvalue weighted by Gasteiger charge is 2.20. The number of methoxy groups -OCH3 is 1. The molecule has 2 rings (SSSR count). The van der Waals surface area contributed by atoms with Crippen LogP contribution in [0.4, 0.5) is 5.00 Å². The maximum absolute atomic E-state index is 12.0. The molecule has 25 heavy (non-hydrogen) atoms. The van der Waals surface area contributed by atoms with Crippen molar-refractivity contribution in [3.63, 3.8) is 0 Å². The van der Waals surface area contributed by atoms with Gasteiger partial charge in [0.15, 0.2) is 5.11 Å². The Kier molecular flexibility index (Phi) is 6.80. The number of aryl methyl sites for hydroxylation is 3. The third kappa shape index (κ3) is 4.93.